The topological polar surface area (TPSA) is 48.9 Å². The maximum absolute atomic E-state index is 13.7. The zero-order valence-electron chi connectivity index (χ0n) is 25.4. The molecule has 1 heterocycles. The molecule has 0 radical (unpaired) electrons. The van der Waals surface area contributed by atoms with Gasteiger partial charge in [0, 0.05) is 10.1 Å². The third-order valence-electron chi connectivity index (χ3n) is 8.66. The van der Waals surface area contributed by atoms with Crippen molar-refractivity contribution in [3.05, 3.63) is 140 Å². The standard InChI is InChI=1S/C36H40N2O2Si2/c1-35(2,3)41(29-19-11-7-12-20-29,30-21-13-8-14-22-30)37-27-28-38(33(37)34(39)40)42(36(4,5)6,31-23-15-9-16-24-31)32-25-17-10-18-26-32/h7-28H,1-6H3. The van der Waals surface area contributed by atoms with Gasteiger partial charge < -0.3 is 9.90 Å². The normalized spacial score (nSPS) is 12.7. The molecular formula is C36H40N2O2Si2. The van der Waals surface area contributed by atoms with E-state index in [0.29, 0.717) is 0 Å². The molecule has 0 aliphatic heterocycles. The number of carboxylic acids is 1. The second-order valence-corrected chi connectivity index (χ2v) is 22.1. The Hall–Kier alpha value is -4.01. The summed E-state index contributed by atoms with van der Waals surface area (Å²) >= 11 is 0. The number of carbonyl (C=O) groups excluding carboxylic acids is 1. The summed E-state index contributed by atoms with van der Waals surface area (Å²) in [6.45, 7) is 13.4. The van der Waals surface area contributed by atoms with Crippen LogP contribution in [0.15, 0.2) is 134 Å². The molecule has 4 nitrogen and oxygen atoms in total. The number of hydrogen-bond acceptors (Lipinski definition) is 2. The SMILES string of the molecule is CC(C)(C)[Si](c1ccccc1)(c1ccccc1)n1cc[n+]([Si](c2ccccc2)(c2ccccc2)C(C)(C)C)c1C(=O)[O-]. The van der Waals surface area contributed by atoms with Gasteiger partial charge in [-0.3, -0.25) is 8.47 Å². The summed E-state index contributed by atoms with van der Waals surface area (Å²) in [4.78, 5) is 13.7. The lowest BCUT2D eigenvalue weighted by Gasteiger charge is -2.42. The average molecular weight is 589 g/mol. The van der Waals surface area contributed by atoms with Gasteiger partial charge in [-0.05, 0) is 20.7 Å². The van der Waals surface area contributed by atoms with Gasteiger partial charge in [-0.25, -0.2) is 0 Å². The van der Waals surface area contributed by atoms with E-state index in [4.69, 9.17) is 0 Å². The summed E-state index contributed by atoms with van der Waals surface area (Å²) < 4.78 is 4.23. The van der Waals surface area contributed by atoms with Crippen LogP contribution in [0.3, 0.4) is 0 Å². The van der Waals surface area contributed by atoms with Crippen molar-refractivity contribution in [2.24, 2.45) is 0 Å². The maximum atomic E-state index is 13.7. The van der Waals surface area contributed by atoms with E-state index in [1.165, 1.54) is 0 Å². The van der Waals surface area contributed by atoms with Crippen molar-refractivity contribution >= 4 is 43.2 Å². The van der Waals surface area contributed by atoms with Crippen molar-refractivity contribution in [3.63, 3.8) is 0 Å². The lowest BCUT2D eigenvalue weighted by atomic mass is 10.2. The molecular weight excluding hydrogens is 549 g/mol. The van der Waals surface area contributed by atoms with Gasteiger partial charge in [-0.2, -0.15) is 0 Å². The zero-order valence-corrected chi connectivity index (χ0v) is 27.4. The Morgan fingerprint density at radius 3 is 1.26 bits per heavy atom. The van der Waals surface area contributed by atoms with E-state index in [9.17, 15) is 9.90 Å². The van der Waals surface area contributed by atoms with E-state index in [-0.39, 0.29) is 15.9 Å². The zero-order chi connectivity index (χ0) is 30.2. The third-order valence-corrected chi connectivity index (χ3v) is 19.8. The number of benzene rings is 4. The minimum Gasteiger partial charge on any atom is -0.538 e. The highest BCUT2D eigenvalue weighted by molar-refractivity contribution is 7.03. The summed E-state index contributed by atoms with van der Waals surface area (Å²) in [5.41, 5.74) is 0. The number of aromatic nitrogens is 2. The molecule has 0 unspecified atom stereocenters. The lowest BCUT2D eigenvalue weighted by molar-refractivity contribution is -0.551. The van der Waals surface area contributed by atoms with Gasteiger partial charge >= 0.3 is 16.5 Å². The molecule has 0 amide bonds. The Morgan fingerprint density at radius 2 is 0.952 bits per heavy atom. The summed E-state index contributed by atoms with van der Waals surface area (Å²) in [5, 5.41) is 17.7. The number of hydrogen-bond donors (Lipinski definition) is 0. The van der Waals surface area contributed by atoms with Gasteiger partial charge in [0.25, 0.3) is 5.82 Å². The molecule has 0 bridgehead atoms. The Labute approximate surface area is 252 Å². The largest absolute Gasteiger partial charge is 0.538 e. The quantitative estimate of drug-likeness (QED) is 0.271. The van der Waals surface area contributed by atoms with E-state index in [2.05, 4.69) is 147 Å². The molecule has 0 aliphatic carbocycles. The van der Waals surface area contributed by atoms with Crippen LogP contribution in [-0.2, 0) is 0 Å². The molecule has 0 saturated heterocycles. The molecule has 4 aromatic carbocycles. The van der Waals surface area contributed by atoms with Crippen LogP contribution in [0.4, 0.5) is 0 Å². The van der Waals surface area contributed by atoms with Crippen molar-refractivity contribution in [1.29, 1.82) is 0 Å². The van der Waals surface area contributed by atoms with Crippen molar-refractivity contribution in [3.8, 4) is 0 Å². The minimum atomic E-state index is -3.05. The summed E-state index contributed by atoms with van der Waals surface area (Å²) in [7, 11) is -6.11. The molecule has 6 heteroatoms. The minimum absolute atomic E-state index is 0.221. The maximum Gasteiger partial charge on any atom is 0.335 e. The number of aromatic carboxylic acids is 1. The molecule has 0 saturated carbocycles. The van der Waals surface area contributed by atoms with Gasteiger partial charge in [0.1, 0.15) is 12.4 Å². The highest BCUT2D eigenvalue weighted by Gasteiger charge is 2.61. The molecule has 214 valence electrons. The fourth-order valence-electron chi connectivity index (χ4n) is 7.19. The van der Waals surface area contributed by atoms with Crippen molar-refractivity contribution in [2.45, 2.75) is 51.6 Å². The van der Waals surface area contributed by atoms with E-state index in [1.54, 1.807) is 0 Å². The second kappa shape index (κ2) is 11.0. The van der Waals surface area contributed by atoms with Crippen molar-refractivity contribution in [2.75, 3.05) is 0 Å². The third kappa shape index (κ3) is 4.50. The van der Waals surface area contributed by atoms with Crippen LogP contribution in [0.25, 0.3) is 0 Å². The number of nitrogens with zero attached hydrogens (tertiary/aromatic N) is 2. The molecule has 0 fully saturated rings. The lowest BCUT2D eigenvalue weighted by Crippen LogP contribution is -2.84. The van der Waals surface area contributed by atoms with E-state index < -0.39 is 22.4 Å². The van der Waals surface area contributed by atoms with Gasteiger partial charge in [-0.15, -0.1) is 0 Å². The van der Waals surface area contributed by atoms with Crippen LogP contribution in [0.2, 0.25) is 10.1 Å². The fraction of sp³-hybridized carbons (Fsp3) is 0.222. The van der Waals surface area contributed by atoms with Gasteiger partial charge in [0.05, 0.1) is 0 Å². The van der Waals surface area contributed by atoms with Gasteiger partial charge in [-0.1, -0.05) is 163 Å². The molecule has 1 aromatic heterocycles. The van der Waals surface area contributed by atoms with Crippen LogP contribution < -0.4 is 30.1 Å². The number of imidazole rings is 1. The predicted molar refractivity (Wildman–Crippen MR) is 175 cm³/mol. The van der Waals surface area contributed by atoms with E-state index >= 15 is 0 Å². The Morgan fingerprint density at radius 1 is 0.595 bits per heavy atom. The molecule has 0 spiro atoms. The first-order valence-corrected chi connectivity index (χ1v) is 18.4. The fourth-order valence-corrected chi connectivity index (χ4v) is 18.3. The number of carboxylic acid groups (broad SMARTS) is 1. The average Bonchev–Trinajstić information content (AvgIpc) is 3.40. The highest BCUT2D eigenvalue weighted by atomic mass is 28.3. The van der Waals surface area contributed by atoms with E-state index in [1.807, 2.05) is 36.7 Å². The van der Waals surface area contributed by atoms with Crippen LogP contribution in [0, 0.1) is 0 Å². The molecule has 0 N–H and O–H groups in total. The first kappa shape index (κ1) is 29.5. The Balaban J connectivity index is 2.00. The molecule has 42 heavy (non-hydrogen) atoms. The predicted octanol–water partition coefficient (Wildman–Crippen LogP) is 3.96. The van der Waals surface area contributed by atoms with Gasteiger partial charge in [0.2, 0.25) is 0 Å². The second-order valence-electron chi connectivity index (χ2n) is 13.0. The number of rotatable bonds is 7. The summed E-state index contributed by atoms with van der Waals surface area (Å²) in [5.74, 6) is -0.945. The molecule has 0 atom stereocenters. The van der Waals surface area contributed by atoms with Gasteiger partial charge in [0.15, 0.2) is 5.97 Å². The number of carbonyl (C=O) groups is 1. The molecule has 5 rings (SSSR count). The van der Waals surface area contributed by atoms with E-state index in [0.717, 1.165) is 20.7 Å². The highest BCUT2D eigenvalue weighted by Crippen LogP contribution is 2.39. The van der Waals surface area contributed by atoms with Crippen LogP contribution in [0.1, 0.15) is 52.2 Å². The molecule has 0 aliphatic rings. The smallest absolute Gasteiger partial charge is 0.335 e. The summed E-state index contributed by atoms with van der Waals surface area (Å²) in [6.07, 6.45) is 4.06. The first-order chi connectivity index (χ1) is 20.0. The first-order valence-electron chi connectivity index (χ1n) is 14.5. The molecule has 5 aromatic rings. The monoisotopic (exact) mass is 588 g/mol. The Bertz CT molecular complexity index is 1460. The van der Waals surface area contributed by atoms with Crippen molar-refractivity contribution < 1.29 is 14.1 Å². The summed E-state index contributed by atoms with van der Waals surface area (Å²) in [6, 6.07) is 41.9. The van der Waals surface area contributed by atoms with Crippen molar-refractivity contribution in [1.82, 2.24) is 4.23 Å². The van der Waals surface area contributed by atoms with Crippen LogP contribution in [-0.4, -0.2) is 26.7 Å². The van der Waals surface area contributed by atoms with Crippen LogP contribution >= 0.6 is 0 Å². The van der Waals surface area contributed by atoms with Crippen LogP contribution in [0.5, 0.6) is 0 Å². The Kier molecular flexibility index (Phi) is 7.73.